The Bertz CT molecular complexity index is 1070. The van der Waals surface area contributed by atoms with Crippen molar-refractivity contribution in [2.24, 2.45) is 5.73 Å². The lowest BCUT2D eigenvalue weighted by molar-refractivity contribution is 0.0697. The second-order valence-electron chi connectivity index (χ2n) is 6.34. The molecule has 0 aliphatic heterocycles. The van der Waals surface area contributed by atoms with Crippen molar-refractivity contribution in [1.82, 2.24) is 0 Å². The van der Waals surface area contributed by atoms with Crippen LogP contribution in [0.25, 0.3) is 11.1 Å². The Kier molecular flexibility index (Phi) is 5.22. The number of anilines is 1. The van der Waals surface area contributed by atoms with E-state index in [2.05, 4.69) is 5.32 Å². The fraction of sp³-hybridized carbons (Fsp3) is 0.0455. The molecule has 140 valence electrons. The summed E-state index contributed by atoms with van der Waals surface area (Å²) < 4.78 is 0. The molecule has 0 atom stereocenters. The van der Waals surface area contributed by atoms with E-state index in [1.807, 2.05) is 13.0 Å². The summed E-state index contributed by atoms with van der Waals surface area (Å²) in [5, 5.41) is 19.8. The third-order valence-corrected chi connectivity index (χ3v) is 4.32. The van der Waals surface area contributed by atoms with E-state index in [0.29, 0.717) is 27.9 Å². The number of aryl methyl sites for hydroxylation is 1. The van der Waals surface area contributed by atoms with Crippen LogP contribution in [-0.2, 0) is 0 Å². The van der Waals surface area contributed by atoms with Crippen LogP contribution in [0.1, 0.15) is 31.8 Å². The van der Waals surface area contributed by atoms with Gasteiger partial charge in [-0.3, -0.25) is 10.2 Å². The van der Waals surface area contributed by atoms with Gasteiger partial charge in [-0.25, -0.2) is 4.79 Å². The number of carbonyl (C=O) groups is 2. The number of carboxylic acid groups (broad SMARTS) is 1. The highest BCUT2D eigenvalue weighted by atomic mass is 16.4. The number of hydrogen-bond donors (Lipinski definition) is 4. The first-order valence-electron chi connectivity index (χ1n) is 8.56. The van der Waals surface area contributed by atoms with Crippen molar-refractivity contribution in [2.45, 2.75) is 6.92 Å². The van der Waals surface area contributed by atoms with Gasteiger partial charge in [0.15, 0.2) is 0 Å². The monoisotopic (exact) mass is 373 g/mol. The minimum absolute atomic E-state index is 0.0520. The van der Waals surface area contributed by atoms with Crippen LogP contribution in [0.5, 0.6) is 0 Å². The van der Waals surface area contributed by atoms with Gasteiger partial charge in [0, 0.05) is 16.8 Å². The average molecular weight is 373 g/mol. The Morgan fingerprint density at radius 3 is 2.21 bits per heavy atom. The molecule has 0 aliphatic rings. The quantitative estimate of drug-likeness (QED) is 0.401. The van der Waals surface area contributed by atoms with Crippen molar-refractivity contribution in [3.63, 3.8) is 0 Å². The molecule has 5 N–H and O–H groups in total. The molecular formula is C22H19N3O3. The van der Waals surface area contributed by atoms with E-state index < -0.39 is 5.97 Å². The lowest BCUT2D eigenvalue weighted by atomic mass is 9.93. The minimum Gasteiger partial charge on any atom is -0.478 e. The van der Waals surface area contributed by atoms with Gasteiger partial charge in [-0.1, -0.05) is 35.9 Å². The van der Waals surface area contributed by atoms with Gasteiger partial charge < -0.3 is 16.2 Å². The zero-order chi connectivity index (χ0) is 20.3. The summed E-state index contributed by atoms with van der Waals surface area (Å²) >= 11 is 0. The molecule has 3 aromatic carbocycles. The molecule has 0 bridgehead atoms. The standard InChI is InChI=1S/C22H19N3O3/c1-13-6-11-17(19(12-13)22(27)28)16-4-2-3-5-18(16)21(26)25-15-9-7-14(8-10-15)20(23)24/h2-12H,1H3,(H3,23,24)(H,25,26)(H,27,28). The topological polar surface area (TPSA) is 116 Å². The summed E-state index contributed by atoms with van der Waals surface area (Å²) in [6.45, 7) is 1.82. The van der Waals surface area contributed by atoms with E-state index in [0.717, 1.165) is 5.56 Å². The maximum atomic E-state index is 12.8. The van der Waals surface area contributed by atoms with E-state index in [1.165, 1.54) is 0 Å². The summed E-state index contributed by atoms with van der Waals surface area (Å²) in [5.41, 5.74) is 8.90. The summed E-state index contributed by atoms with van der Waals surface area (Å²) in [6.07, 6.45) is 0. The predicted molar refractivity (Wildman–Crippen MR) is 109 cm³/mol. The largest absolute Gasteiger partial charge is 0.478 e. The normalized spacial score (nSPS) is 10.3. The van der Waals surface area contributed by atoms with Gasteiger partial charge >= 0.3 is 5.97 Å². The van der Waals surface area contributed by atoms with Crippen molar-refractivity contribution in [1.29, 1.82) is 5.41 Å². The van der Waals surface area contributed by atoms with Crippen LogP contribution in [0.2, 0.25) is 0 Å². The van der Waals surface area contributed by atoms with Crippen molar-refractivity contribution in [3.05, 3.63) is 89.0 Å². The van der Waals surface area contributed by atoms with Gasteiger partial charge in [0.1, 0.15) is 5.84 Å². The van der Waals surface area contributed by atoms with E-state index in [-0.39, 0.29) is 17.3 Å². The highest BCUT2D eigenvalue weighted by Gasteiger charge is 2.18. The molecule has 0 radical (unpaired) electrons. The zero-order valence-electron chi connectivity index (χ0n) is 15.2. The molecule has 1 amide bonds. The smallest absolute Gasteiger partial charge is 0.336 e. The minimum atomic E-state index is -1.05. The van der Waals surface area contributed by atoms with E-state index in [9.17, 15) is 14.7 Å². The summed E-state index contributed by atoms with van der Waals surface area (Å²) in [6, 6.07) is 18.6. The summed E-state index contributed by atoms with van der Waals surface area (Å²) in [5.74, 6) is -1.46. The van der Waals surface area contributed by atoms with Gasteiger partial charge in [-0.15, -0.1) is 0 Å². The number of nitrogens with one attached hydrogen (secondary N) is 2. The second kappa shape index (κ2) is 7.75. The molecule has 28 heavy (non-hydrogen) atoms. The predicted octanol–water partition coefficient (Wildman–Crippen LogP) is 3.90. The fourth-order valence-corrected chi connectivity index (χ4v) is 2.92. The first-order valence-corrected chi connectivity index (χ1v) is 8.56. The Morgan fingerprint density at radius 1 is 0.929 bits per heavy atom. The first kappa shape index (κ1) is 18.8. The Hall–Kier alpha value is -3.93. The van der Waals surface area contributed by atoms with Gasteiger partial charge in [-0.2, -0.15) is 0 Å². The van der Waals surface area contributed by atoms with Crippen LogP contribution >= 0.6 is 0 Å². The molecule has 0 aromatic heterocycles. The number of hydrogen-bond acceptors (Lipinski definition) is 3. The molecule has 3 aromatic rings. The number of rotatable bonds is 5. The van der Waals surface area contributed by atoms with Crippen molar-refractivity contribution in [2.75, 3.05) is 5.32 Å². The van der Waals surface area contributed by atoms with Crippen molar-refractivity contribution < 1.29 is 14.7 Å². The lowest BCUT2D eigenvalue weighted by Gasteiger charge is -2.13. The molecule has 0 heterocycles. The van der Waals surface area contributed by atoms with E-state index >= 15 is 0 Å². The number of nitrogen functional groups attached to an aromatic ring is 1. The number of amidine groups is 1. The number of carboxylic acids is 1. The van der Waals surface area contributed by atoms with Crippen LogP contribution in [0.4, 0.5) is 5.69 Å². The molecule has 6 nitrogen and oxygen atoms in total. The average Bonchev–Trinajstić information content (AvgIpc) is 2.68. The third-order valence-electron chi connectivity index (χ3n) is 4.32. The summed E-state index contributed by atoms with van der Waals surface area (Å²) in [7, 11) is 0. The van der Waals surface area contributed by atoms with Crippen LogP contribution in [-0.4, -0.2) is 22.8 Å². The molecule has 0 saturated heterocycles. The Morgan fingerprint density at radius 2 is 1.57 bits per heavy atom. The zero-order valence-corrected chi connectivity index (χ0v) is 15.2. The van der Waals surface area contributed by atoms with E-state index in [4.69, 9.17) is 11.1 Å². The molecule has 0 saturated carbocycles. The van der Waals surface area contributed by atoms with E-state index in [1.54, 1.807) is 60.7 Å². The second-order valence-corrected chi connectivity index (χ2v) is 6.34. The van der Waals surface area contributed by atoms with Crippen LogP contribution in [0, 0.1) is 12.3 Å². The number of amides is 1. The van der Waals surface area contributed by atoms with Crippen LogP contribution in [0.15, 0.2) is 66.7 Å². The molecule has 0 spiro atoms. The van der Waals surface area contributed by atoms with Crippen molar-refractivity contribution in [3.8, 4) is 11.1 Å². The van der Waals surface area contributed by atoms with Crippen LogP contribution < -0.4 is 11.1 Å². The Labute approximate surface area is 162 Å². The fourth-order valence-electron chi connectivity index (χ4n) is 2.92. The van der Waals surface area contributed by atoms with Gasteiger partial charge in [-0.05, 0) is 54.4 Å². The SMILES string of the molecule is Cc1ccc(-c2ccccc2C(=O)Nc2ccc(C(=N)N)cc2)c(C(=O)O)c1. The maximum Gasteiger partial charge on any atom is 0.336 e. The number of benzene rings is 3. The highest BCUT2D eigenvalue weighted by Crippen LogP contribution is 2.29. The molecule has 3 rings (SSSR count). The summed E-state index contributed by atoms with van der Waals surface area (Å²) in [4.78, 5) is 24.5. The van der Waals surface area contributed by atoms with Gasteiger partial charge in [0.2, 0.25) is 0 Å². The van der Waals surface area contributed by atoms with Gasteiger partial charge in [0.05, 0.1) is 5.56 Å². The van der Waals surface area contributed by atoms with Gasteiger partial charge in [0.25, 0.3) is 5.91 Å². The molecule has 0 unspecified atom stereocenters. The maximum absolute atomic E-state index is 12.8. The van der Waals surface area contributed by atoms with Crippen LogP contribution in [0.3, 0.4) is 0 Å². The third kappa shape index (κ3) is 3.91. The Balaban J connectivity index is 1.98. The molecule has 0 aliphatic carbocycles. The first-order chi connectivity index (χ1) is 13.4. The van der Waals surface area contributed by atoms with Crippen molar-refractivity contribution >= 4 is 23.4 Å². The number of nitrogens with two attached hydrogens (primary N) is 1. The lowest BCUT2D eigenvalue weighted by Crippen LogP contribution is -2.14. The molecular weight excluding hydrogens is 354 g/mol. The molecule has 6 heteroatoms. The molecule has 0 fully saturated rings. The highest BCUT2D eigenvalue weighted by molar-refractivity contribution is 6.10. The number of carbonyl (C=O) groups excluding carboxylic acids is 1. The number of aromatic carboxylic acids is 1.